The minimum atomic E-state index is -0.860. The maximum absolute atomic E-state index is 11.7. The lowest BCUT2D eigenvalue weighted by atomic mass is 10.2. The van der Waals surface area contributed by atoms with Crippen molar-refractivity contribution in [2.45, 2.75) is 32.1 Å². The van der Waals surface area contributed by atoms with Crippen molar-refractivity contribution in [3.8, 4) is 0 Å². The second kappa shape index (κ2) is 11.2. The highest BCUT2D eigenvalue weighted by atomic mass is 16.5. The number of nitrogens with zero attached hydrogens (tertiary/aromatic N) is 1. The van der Waals surface area contributed by atoms with Crippen LogP contribution < -0.4 is 5.32 Å². The van der Waals surface area contributed by atoms with Gasteiger partial charge in [-0.2, -0.15) is 0 Å². The van der Waals surface area contributed by atoms with Crippen molar-refractivity contribution in [1.82, 2.24) is 10.2 Å². The largest absolute Gasteiger partial charge is 0.481 e. The quantitative estimate of drug-likeness (QED) is 0.531. The zero-order valence-electron chi connectivity index (χ0n) is 12.2. The lowest BCUT2D eigenvalue weighted by molar-refractivity contribution is -0.137. The molecule has 0 spiro atoms. The number of aliphatic carboxylic acids is 1. The molecule has 7 heteroatoms. The van der Waals surface area contributed by atoms with Crippen LogP contribution in [0.25, 0.3) is 0 Å². The number of carboxylic acids is 1. The summed E-state index contributed by atoms with van der Waals surface area (Å²) in [6.45, 7) is 1.12. The van der Waals surface area contributed by atoms with Crippen LogP contribution in [0.1, 0.15) is 32.1 Å². The monoisotopic (exact) mass is 288 g/mol. The Morgan fingerprint density at radius 1 is 1.15 bits per heavy atom. The lowest BCUT2D eigenvalue weighted by Gasteiger charge is -2.16. The third-order valence-electron chi connectivity index (χ3n) is 2.69. The third-order valence-corrected chi connectivity index (χ3v) is 2.69. The van der Waals surface area contributed by atoms with Crippen LogP contribution >= 0.6 is 0 Å². The highest BCUT2D eigenvalue weighted by Gasteiger charge is 2.12. The van der Waals surface area contributed by atoms with E-state index in [1.54, 1.807) is 14.2 Å². The number of amides is 2. The molecule has 0 aromatic rings. The molecule has 0 aromatic heterocycles. The number of ether oxygens (including phenoxy) is 1. The molecule has 20 heavy (non-hydrogen) atoms. The lowest BCUT2D eigenvalue weighted by Crippen LogP contribution is -2.38. The Balaban J connectivity index is 3.72. The van der Waals surface area contributed by atoms with E-state index in [0.29, 0.717) is 26.0 Å². The van der Waals surface area contributed by atoms with Crippen molar-refractivity contribution >= 4 is 17.8 Å². The maximum atomic E-state index is 11.7. The van der Waals surface area contributed by atoms with E-state index in [9.17, 15) is 14.4 Å². The number of methoxy groups -OCH3 is 1. The van der Waals surface area contributed by atoms with Crippen molar-refractivity contribution in [3.63, 3.8) is 0 Å². The Labute approximate surface area is 119 Å². The fourth-order valence-corrected chi connectivity index (χ4v) is 1.55. The number of nitrogens with one attached hydrogen (secondary N) is 1. The predicted octanol–water partition coefficient (Wildman–Crippen LogP) is 0.243. The van der Waals surface area contributed by atoms with E-state index >= 15 is 0 Å². The van der Waals surface area contributed by atoms with Crippen molar-refractivity contribution in [3.05, 3.63) is 0 Å². The summed E-state index contributed by atoms with van der Waals surface area (Å²) in [5.41, 5.74) is 0. The van der Waals surface area contributed by atoms with Gasteiger partial charge in [0.2, 0.25) is 11.8 Å². The normalized spacial score (nSPS) is 10.1. The van der Waals surface area contributed by atoms with Crippen LogP contribution in [0, 0.1) is 0 Å². The van der Waals surface area contributed by atoms with Crippen LogP contribution in [0.5, 0.6) is 0 Å². The molecule has 0 saturated heterocycles. The molecule has 116 valence electrons. The van der Waals surface area contributed by atoms with Gasteiger partial charge in [0.15, 0.2) is 0 Å². The summed E-state index contributed by atoms with van der Waals surface area (Å²) in [5, 5.41) is 11.2. The van der Waals surface area contributed by atoms with Gasteiger partial charge in [0.25, 0.3) is 0 Å². The molecule has 0 saturated carbocycles. The number of carbonyl (C=O) groups is 3. The molecule has 0 bridgehead atoms. The molecular formula is C13H24N2O5. The standard InChI is InChI=1S/C13H24N2O5/c1-15(10-11(16)14-8-5-9-20-2)12(17)6-3-4-7-13(18)19/h3-10H2,1-2H3,(H,14,16)(H,18,19). The molecule has 0 heterocycles. The second-order valence-corrected chi connectivity index (χ2v) is 4.55. The molecule has 0 fully saturated rings. The Hall–Kier alpha value is -1.63. The molecule has 0 atom stereocenters. The summed E-state index contributed by atoms with van der Waals surface area (Å²) in [4.78, 5) is 34.9. The van der Waals surface area contributed by atoms with Crippen LogP contribution in [0.15, 0.2) is 0 Å². The molecule has 7 nitrogen and oxygen atoms in total. The first-order valence-corrected chi connectivity index (χ1v) is 6.68. The van der Waals surface area contributed by atoms with Crippen LogP contribution in [0.4, 0.5) is 0 Å². The van der Waals surface area contributed by atoms with E-state index in [-0.39, 0.29) is 31.2 Å². The van der Waals surface area contributed by atoms with E-state index in [4.69, 9.17) is 9.84 Å². The predicted molar refractivity (Wildman–Crippen MR) is 73.2 cm³/mol. The molecular weight excluding hydrogens is 264 g/mol. The van der Waals surface area contributed by atoms with Gasteiger partial charge in [0, 0.05) is 40.2 Å². The molecule has 0 aliphatic carbocycles. The smallest absolute Gasteiger partial charge is 0.303 e. The first-order valence-electron chi connectivity index (χ1n) is 6.68. The minimum Gasteiger partial charge on any atom is -0.481 e. The first-order chi connectivity index (χ1) is 9.47. The Bertz CT molecular complexity index is 320. The number of carbonyl (C=O) groups excluding carboxylic acids is 2. The van der Waals surface area contributed by atoms with Crippen molar-refractivity contribution in [1.29, 1.82) is 0 Å². The Morgan fingerprint density at radius 2 is 1.80 bits per heavy atom. The van der Waals surface area contributed by atoms with Crippen LogP contribution in [-0.2, 0) is 19.1 Å². The van der Waals surface area contributed by atoms with E-state index < -0.39 is 5.97 Å². The highest BCUT2D eigenvalue weighted by molar-refractivity contribution is 5.84. The van der Waals surface area contributed by atoms with Crippen molar-refractivity contribution in [2.75, 3.05) is 33.9 Å². The van der Waals surface area contributed by atoms with Gasteiger partial charge in [0.1, 0.15) is 0 Å². The molecule has 0 unspecified atom stereocenters. The number of hydrogen-bond donors (Lipinski definition) is 2. The summed E-state index contributed by atoms with van der Waals surface area (Å²) in [7, 11) is 3.16. The van der Waals surface area contributed by atoms with E-state index in [0.717, 1.165) is 6.42 Å². The summed E-state index contributed by atoms with van der Waals surface area (Å²) < 4.78 is 4.86. The number of likely N-dealkylation sites (N-methyl/N-ethyl adjacent to an activating group) is 1. The summed E-state index contributed by atoms with van der Waals surface area (Å²) in [5.74, 6) is -1.22. The van der Waals surface area contributed by atoms with Crippen molar-refractivity contribution < 1.29 is 24.2 Å². The zero-order valence-corrected chi connectivity index (χ0v) is 12.2. The molecule has 0 radical (unpaired) electrons. The first kappa shape index (κ1) is 18.4. The second-order valence-electron chi connectivity index (χ2n) is 4.55. The topological polar surface area (TPSA) is 95.9 Å². The molecule has 2 amide bonds. The van der Waals surface area contributed by atoms with Gasteiger partial charge < -0.3 is 20.1 Å². The molecule has 0 rings (SSSR count). The average molecular weight is 288 g/mol. The summed E-state index contributed by atoms with van der Waals surface area (Å²) >= 11 is 0. The average Bonchev–Trinajstić information content (AvgIpc) is 2.39. The SMILES string of the molecule is COCCCNC(=O)CN(C)C(=O)CCCCC(=O)O. The molecule has 0 aliphatic rings. The van der Waals surface area contributed by atoms with Crippen molar-refractivity contribution in [2.24, 2.45) is 0 Å². The number of unbranched alkanes of at least 4 members (excludes halogenated alkanes) is 1. The summed E-state index contributed by atoms with van der Waals surface area (Å²) in [6, 6.07) is 0. The fraction of sp³-hybridized carbons (Fsp3) is 0.769. The molecule has 2 N–H and O–H groups in total. The van der Waals surface area contributed by atoms with Gasteiger partial charge >= 0.3 is 5.97 Å². The van der Waals surface area contributed by atoms with E-state index in [2.05, 4.69) is 5.32 Å². The van der Waals surface area contributed by atoms with Crippen LogP contribution in [-0.4, -0.2) is 61.6 Å². The zero-order chi connectivity index (χ0) is 15.4. The van der Waals surface area contributed by atoms with Crippen LogP contribution in [0.3, 0.4) is 0 Å². The number of carboxylic acid groups (broad SMARTS) is 1. The van der Waals surface area contributed by atoms with E-state index in [1.807, 2.05) is 0 Å². The van der Waals surface area contributed by atoms with Gasteiger partial charge in [-0.1, -0.05) is 0 Å². The number of rotatable bonds is 11. The highest BCUT2D eigenvalue weighted by Crippen LogP contribution is 2.02. The van der Waals surface area contributed by atoms with E-state index in [1.165, 1.54) is 4.90 Å². The Kier molecular flexibility index (Phi) is 10.3. The fourth-order valence-electron chi connectivity index (χ4n) is 1.55. The minimum absolute atomic E-state index is 0.0186. The summed E-state index contributed by atoms with van der Waals surface area (Å²) in [6.07, 6.45) is 2.05. The van der Waals surface area contributed by atoms with Gasteiger partial charge in [-0.25, -0.2) is 0 Å². The molecule has 0 aliphatic heterocycles. The Morgan fingerprint density at radius 3 is 2.40 bits per heavy atom. The van der Waals surface area contributed by atoms with Gasteiger partial charge in [0.05, 0.1) is 6.54 Å². The molecule has 0 aromatic carbocycles. The van der Waals surface area contributed by atoms with Gasteiger partial charge in [-0.15, -0.1) is 0 Å². The van der Waals surface area contributed by atoms with Gasteiger partial charge in [-0.3, -0.25) is 14.4 Å². The number of hydrogen-bond acceptors (Lipinski definition) is 4. The van der Waals surface area contributed by atoms with Gasteiger partial charge in [-0.05, 0) is 19.3 Å². The maximum Gasteiger partial charge on any atom is 0.303 e. The van der Waals surface area contributed by atoms with Crippen LogP contribution in [0.2, 0.25) is 0 Å². The third kappa shape index (κ3) is 10.3.